The first-order valence-corrected chi connectivity index (χ1v) is 7.63. The summed E-state index contributed by atoms with van der Waals surface area (Å²) in [7, 11) is 3.50. The lowest BCUT2D eigenvalue weighted by Gasteiger charge is -2.27. The van der Waals surface area contributed by atoms with Crippen molar-refractivity contribution < 1.29 is 14.3 Å². The third-order valence-corrected chi connectivity index (χ3v) is 4.00. The Morgan fingerprint density at radius 1 is 1.25 bits per heavy atom. The lowest BCUT2D eigenvalue weighted by atomic mass is 10.0. The molecule has 0 saturated heterocycles. The van der Waals surface area contributed by atoms with Crippen LogP contribution < -0.4 is 20.3 Å². The fourth-order valence-corrected chi connectivity index (χ4v) is 2.59. The Hall–Kier alpha value is -3.02. The van der Waals surface area contributed by atoms with Gasteiger partial charge in [0.2, 0.25) is 0 Å². The van der Waals surface area contributed by atoms with Gasteiger partial charge in [-0.15, -0.1) is 0 Å². The summed E-state index contributed by atoms with van der Waals surface area (Å²) in [6.45, 7) is 0.876. The number of carbonyl (C=O) groups is 2. The van der Waals surface area contributed by atoms with Crippen molar-refractivity contribution in [3.63, 3.8) is 0 Å². The number of nitrogens with one attached hydrogen (secondary N) is 2. The third kappa shape index (κ3) is 3.17. The lowest BCUT2D eigenvalue weighted by molar-refractivity contribution is 0.0948. The number of amides is 2. The Balaban J connectivity index is 1.71. The van der Waals surface area contributed by atoms with Crippen LogP contribution in [0.1, 0.15) is 26.3 Å². The quantitative estimate of drug-likeness (QED) is 0.899. The summed E-state index contributed by atoms with van der Waals surface area (Å²) in [4.78, 5) is 26.2. The van der Waals surface area contributed by atoms with E-state index in [9.17, 15) is 9.59 Å². The van der Waals surface area contributed by atoms with Crippen LogP contribution in [0.4, 0.5) is 5.69 Å². The number of carbonyl (C=O) groups excluding carboxylic acids is 2. The molecule has 0 spiro atoms. The van der Waals surface area contributed by atoms with Crippen molar-refractivity contribution in [2.45, 2.75) is 6.54 Å². The predicted octanol–water partition coefficient (Wildman–Crippen LogP) is 1.76. The first kappa shape index (κ1) is 15.9. The van der Waals surface area contributed by atoms with E-state index >= 15 is 0 Å². The van der Waals surface area contributed by atoms with Gasteiger partial charge in [0.1, 0.15) is 5.75 Å². The zero-order valence-corrected chi connectivity index (χ0v) is 13.6. The van der Waals surface area contributed by atoms with Gasteiger partial charge in [0.15, 0.2) is 0 Å². The molecule has 1 aliphatic rings. The zero-order valence-electron chi connectivity index (χ0n) is 13.6. The fourth-order valence-electron chi connectivity index (χ4n) is 2.59. The van der Waals surface area contributed by atoms with E-state index in [1.807, 2.05) is 36.2 Å². The van der Waals surface area contributed by atoms with Crippen LogP contribution in [0.25, 0.3) is 0 Å². The monoisotopic (exact) mass is 325 g/mol. The van der Waals surface area contributed by atoms with Crippen molar-refractivity contribution in [2.24, 2.45) is 0 Å². The van der Waals surface area contributed by atoms with Crippen molar-refractivity contribution in [3.8, 4) is 5.75 Å². The molecular weight excluding hydrogens is 306 g/mol. The summed E-state index contributed by atoms with van der Waals surface area (Å²) in [5.74, 6) is 0.400. The summed E-state index contributed by atoms with van der Waals surface area (Å²) in [6, 6.07) is 12.7. The molecule has 0 radical (unpaired) electrons. The van der Waals surface area contributed by atoms with Crippen LogP contribution in [0.5, 0.6) is 5.75 Å². The van der Waals surface area contributed by atoms with E-state index in [0.717, 1.165) is 17.0 Å². The number of benzene rings is 2. The van der Waals surface area contributed by atoms with Crippen molar-refractivity contribution >= 4 is 17.5 Å². The molecule has 24 heavy (non-hydrogen) atoms. The Bertz CT molecular complexity index is 772. The van der Waals surface area contributed by atoms with Gasteiger partial charge in [-0.1, -0.05) is 12.1 Å². The van der Waals surface area contributed by atoms with Gasteiger partial charge in [-0.05, 0) is 35.9 Å². The van der Waals surface area contributed by atoms with Crippen LogP contribution in [0.15, 0.2) is 42.5 Å². The van der Waals surface area contributed by atoms with Gasteiger partial charge in [-0.3, -0.25) is 9.59 Å². The van der Waals surface area contributed by atoms with E-state index in [1.165, 1.54) is 0 Å². The highest BCUT2D eigenvalue weighted by atomic mass is 16.5. The van der Waals surface area contributed by atoms with Crippen LogP contribution in [-0.2, 0) is 6.54 Å². The first-order valence-electron chi connectivity index (χ1n) is 7.63. The van der Waals surface area contributed by atoms with Gasteiger partial charge >= 0.3 is 0 Å². The molecule has 0 aromatic heterocycles. The molecule has 6 heteroatoms. The Morgan fingerprint density at radius 2 is 2.00 bits per heavy atom. The van der Waals surface area contributed by atoms with E-state index in [-0.39, 0.29) is 11.8 Å². The van der Waals surface area contributed by atoms with Crippen molar-refractivity contribution in [2.75, 3.05) is 25.7 Å². The minimum Gasteiger partial charge on any atom is -0.497 e. The van der Waals surface area contributed by atoms with Gasteiger partial charge in [0.25, 0.3) is 11.8 Å². The van der Waals surface area contributed by atoms with Gasteiger partial charge in [-0.2, -0.15) is 0 Å². The normalized spacial score (nSPS) is 13.1. The number of nitrogens with zero attached hydrogens (tertiary/aromatic N) is 1. The molecule has 0 saturated carbocycles. The molecule has 0 bridgehead atoms. The Morgan fingerprint density at radius 3 is 2.71 bits per heavy atom. The summed E-state index contributed by atoms with van der Waals surface area (Å²) in [5, 5.41) is 5.63. The fraction of sp³-hybridized carbons (Fsp3) is 0.222. The van der Waals surface area contributed by atoms with Crippen molar-refractivity contribution in [3.05, 3.63) is 59.2 Å². The van der Waals surface area contributed by atoms with Gasteiger partial charge < -0.3 is 20.3 Å². The smallest absolute Gasteiger partial charge is 0.254 e. The molecular formula is C18H19N3O3. The van der Waals surface area contributed by atoms with E-state index < -0.39 is 0 Å². The van der Waals surface area contributed by atoms with Crippen LogP contribution >= 0.6 is 0 Å². The Kier molecular flexibility index (Phi) is 4.37. The molecule has 2 aromatic carbocycles. The number of anilines is 1. The second-order valence-electron chi connectivity index (χ2n) is 5.62. The first-order chi connectivity index (χ1) is 11.6. The highest BCUT2D eigenvalue weighted by Crippen LogP contribution is 2.23. The van der Waals surface area contributed by atoms with Crippen molar-refractivity contribution in [1.82, 2.24) is 10.6 Å². The summed E-state index contributed by atoms with van der Waals surface area (Å²) < 4.78 is 5.11. The molecule has 2 aromatic rings. The minimum absolute atomic E-state index is 0.159. The molecule has 2 N–H and O–H groups in total. The maximum atomic E-state index is 12.3. The maximum Gasteiger partial charge on any atom is 0.254 e. The summed E-state index contributed by atoms with van der Waals surface area (Å²) in [5.41, 5.74) is 2.78. The largest absolute Gasteiger partial charge is 0.497 e. The van der Waals surface area contributed by atoms with Crippen LogP contribution in [0.2, 0.25) is 0 Å². The Labute approximate surface area is 140 Å². The van der Waals surface area contributed by atoms with E-state index in [1.54, 1.807) is 25.3 Å². The molecule has 0 unspecified atom stereocenters. The molecule has 6 nitrogen and oxygen atoms in total. The number of ether oxygens (including phenoxy) is 1. The van der Waals surface area contributed by atoms with Crippen LogP contribution in [0.3, 0.4) is 0 Å². The van der Waals surface area contributed by atoms with Gasteiger partial charge in [-0.25, -0.2) is 0 Å². The maximum absolute atomic E-state index is 12.3. The van der Waals surface area contributed by atoms with E-state index in [4.69, 9.17) is 4.74 Å². The van der Waals surface area contributed by atoms with Crippen LogP contribution in [0, 0.1) is 0 Å². The lowest BCUT2D eigenvalue weighted by Crippen LogP contribution is -2.41. The zero-order chi connectivity index (χ0) is 17.1. The third-order valence-electron chi connectivity index (χ3n) is 4.00. The predicted molar refractivity (Wildman–Crippen MR) is 91.3 cm³/mol. The van der Waals surface area contributed by atoms with E-state index in [2.05, 4.69) is 10.6 Å². The van der Waals surface area contributed by atoms with Crippen molar-refractivity contribution in [1.29, 1.82) is 0 Å². The van der Waals surface area contributed by atoms with E-state index in [0.29, 0.717) is 24.3 Å². The molecule has 2 amide bonds. The SMILES string of the molecule is COc1ccc(CNC(=O)c2ccc3c(c2)C(=O)NCN3C)cc1. The van der Waals surface area contributed by atoms with Crippen LogP contribution in [-0.4, -0.2) is 32.6 Å². The number of methoxy groups -OCH3 is 1. The standard InChI is InChI=1S/C18H19N3O3/c1-21-11-20-18(23)15-9-13(5-8-16(15)21)17(22)19-10-12-3-6-14(24-2)7-4-12/h3-9H,10-11H2,1-2H3,(H,19,22)(H,20,23). The average molecular weight is 325 g/mol. The number of fused-ring (bicyclic) bond motifs is 1. The molecule has 3 rings (SSSR count). The topological polar surface area (TPSA) is 70.7 Å². The highest BCUT2D eigenvalue weighted by Gasteiger charge is 2.21. The summed E-state index contributed by atoms with van der Waals surface area (Å²) in [6.07, 6.45) is 0. The highest BCUT2D eigenvalue weighted by molar-refractivity contribution is 6.04. The molecule has 1 heterocycles. The average Bonchev–Trinajstić information content (AvgIpc) is 2.63. The molecule has 0 atom stereocenters. The minimum atomic E-state index is -0.213. The molecule has 124 valence electrons. The number of hydrogen-bond donors (Lipinski definition) is 2. The summed E-state index contributed by atoms with van der Waals surface area (Å²) >= 11 is 0. The van der Waals surface area contributed by atoms with Gasteiger partial charge in [0, 0.05) is 19.2 Å². The molecule has 0 aliphatic carbocycles. The second kappa shape index (κ2) is 6.62. The number of hydrogen-bond acceptors (Lipinski definition) is 4. The molecule has 1 aliphatic heterocycles. The van der Waals surface area contributed by atoms with Gasteiger partial charge in [0.05, 0.1) is 25.0 Å². The number of rotatable bonds is 4. The second-order valence-corrected chi connectivity index (χ2v) is 5.62. The molecule has 0 fully saturated rings.